The number of nitrogens with one attached hydrogen (secondary N) is 1. The van der Waals surface area contributed by atoms with Gasteiger partial charge in [0.25, 0.3) is 0 Å². The molecule has 7 heteroatoms. The first-order valence-corrected chi connectivity index (χ1v) is 6.36. The van der Waals surface area contributed by atoms with E-state index in [1.165, 1.54) is 0 Å². The maximum Gasteiger partial charge on any atom is 0.434 e. The van der Waals surface area contributed by atoms with Crippen molar-refractivity contribution in [2.24, 2.45) is 0 Å². The van der Waals surface area contributed by atoms with Crippen molar-refractivity contribution in [2.75, 3.05) is 13.1 Å². The third-order valence-electron chi connectivity index (χ3n) is 3.45. The lowest BCUT2D eigenvalue weighted by Gasteiger charge is -2.29. The predicted molar refractivity (Wildman–Crippen MR) is 69.3 cm³/mol. The Morgan fingerprint density at radius 1 is 1.24 bits per heavy atom. The molecule has 0 amide bonds. The number of imidazole rings is 1. The monoisotopic (exact) mass is 292 g/mol. The van der Waals surface area contributed by atoms with Crippen LogP contribution >= 0.6 is 0 Å². The minimum atomic E-state index is -4.47. The van der Waals surface area contributed by atoms with E-state index in [2.05, 4.69) is 10.3 Å². The zero-order valence-electron chi connectivity index (χ0n) is 10.9. The molecule has 0 atom stereocenters. The topological polar surface area (TPSA) is 53.6 Å². The highest BCUT2D eigenvalue weighted by molar-refractivity contribution is 5.58. The number of alkyl halides is 3. The molecule has 0 saturated carbocycles. The fourth-order valence-corrected chi connectivity index (χ4v) is 2.19. The normalized spacial score (nSPS) is 15.5. The third kappa shape index (κ3) is 2.50. The number of aromatic nitrogens is 2. The van der Waals surface area contributed by atoms with E-state index < -0.39 is 11.9 Å². The number of benzene rings is 1. The molecule has 2 aromatic rings. The van der Waals surface area contributed by atoms with Crippen LogP contribution in [-0.4, -0.2) is 22.6 Å². The minimum absolute atomic E-state index is 0.0285. The molecule has 0 spiro atoms. The van der Waals surface area contributed by atoms with Crippen LogP contribution in [-0.2, 0) is 6.18 Å². The highest BCUT2D eigenvalue weighted by atomic mass is 19.4. The largest absolute Gasteiger partial charge is 0.434 e. The van der Waals surface area contributed by atoms with Crippen molar-refractivity contribution in [1.29, 1.82) is 5.26 Å². The van der Waals surface area contributed by atoms with Crippen LogP contribution in [0.4, 0.5) is 13.2 Å². The van der Waals surface area contributed by atoms with E-state index in [0.29, 0.717) is 24.2 Å². The molecule has 1 saturated heterocycles. The van der Waals surface area contributed by atoms with E-state index in [-0.39, 0.29) is 11.9 Å². The van der Waals surface area contributed by atoms with Crippen LogP contribution in [0.5, 0.6) is 0 Å². The lowest BCUT2D eigenvalue weighted by Crippen LogP contribution is -2.43. The summed E-state index contributed by atoms with van der Waals surface area (Å²) in [4.78, 5) is 3.74. The van der Waals surface area contributed by atoms with Crippen LogP contribution in [0, 0.1) is 11.3 Å². The molecule has 0 radical (unpaired) electrons. The molecule has 0 bridgehead atoms. The third-order valence-corrected chi connectivity index (χ3v) is 3.45. The van der Waals surface area contributed by atoms with Crippen LogP contribution in [0.3, 0.4) is 0 Å². The van der Waals surface area contributed by atoms with Crippen molar-refractivity contribution in [3.05, 3.63) is 41.7 Å². The summed E-state index contributed by atoms with van der Waals surface area (Å²) in [7, 11) is 0. The predicted octanol–water partition coefficient (Wildman–Crippen LogP) is 2.58. The Bertz CT molecular complexity index is 690. The zero-order chi connectivity index (χ0) is 15.0. The molecule has 0 unspecified atom stereocenters. The van der Waals surface area contributed by atoms with Gasteiger partial charge in [-0.15, -0.1) is 0 Å². The lowest BCUT2D eigenvalue weighted by molar-refractivity contribution is -0.140. The second kappa shape index (κ2) is 4.90. The van der Waals surface area contributed by atoms with Crippen molar-refractivity contribution < 1.29 is 13.2 Å². The highest BCUT2D eigenvalue weighted by Gasteiger charge is 2.36. The van der Waals surface area contributed by atoms with Crippen molar-refractivity contribution in [3.63, 3.8) is 0 Å². The number of halogens is 3. The molecule has 1 aromatic carbocycles. The molecule has 1 aromatic heterocycles. The Kier molecular flexibility index (Phi) is 3.18. The van der Waals surface area contributed by atoms with Gasteiger partial charge in [0, 0.05) is 24.8 Å². The molecule has 2 heterocycles. The van der Waals surface area contributed by atoms with Crippen molar-refractivity contribution in [3.8, 4) is 17.5 Å². The first kappa shape index (κ1) is 13.6. The van der Waals surface area contributed by atoms with Gasteiger partial charge in [-0.1, -0.05) is 0 Å². The van der Waals surface area contributed by atoms with Gasteiger partial charge in [-0.3, -0.25) is 0 Å². The summed E-state index contributed by atoms with van der Waals surface area (Å²) in [5, 5.41) is 11.8. The van der Waals surface area contributed by atoms with Crippen LogP contribution in [0.25, 0.3) is 11.4 Å². The summed E-state index contributed by atoms with van der Waals surface area (Å²) in [6, 6.07) is 8.32. The van der Waals surface area contributed by atoms with Gasteiger partial charge >= 0.3 is 6.18 Å². The first-order chi connectivity index (χ1) is 9.99. The van der Waals surface area contributed by atoms with Gasteiger partial charge in [-0.25, -0.2) is 4.98 Å². The number of hydrogen-bond donors (Lipinski definition) is 1. The van der Waals surface area contributed by atoms with Gasteiger partial charge in [0.15, 0.2) is 5.69 Å². The van der Waals surface area contributed by atoms with Gasteiger partial charge in [-0.2, -0.15) is 18.4 Å². The fraction of sp³-hybridized carbons (Fsp3) is 0.286. The van der Waals surface area contributed by atoms with Crippen molar-refractivity contribution in [1.82, 2.24) is 14.9 Å². The zero-order valence-corrected chi connectivity index (χ0v) is 10.9. The summed E-state index contributed by atoms with van der Waals surface area (Å²) in [5.74, 6) is 0.276. The number of nitrogens with zero attached hydrogens (tertiary/aromatic N) is 3. The van der Waals surface area contributed by atoms with E-state index in [0.717, 1.165) is 6.20 Å². The minimum Gasteiger partial charge on any atom is -0.325 e. The van der Waals surface area contributed by atoms with Crippen molar-refractivity contribution >= 4 is 0 Å². The van der Waals surface area contributed by atoms with Gasteiger partial charge in [-0.05, 0) is 24.3 Å². The number of hydrogen-bond acceptors (Lipinski definition) is 3. The maximum atomic E-state index is 12.9. The Hall–Kier alpha value is -2.33. The molecule has 1 fully saturated rings. The van der Waals surface area contributed by atoms with Gasteiger partial charge in [0.05, 0.1) is 17.7 Å². The van der Waals surface area contributed by atoms with E-state index in [1.54, 1.807) is 28.8 Å². The molecule has 4 nitrogen and oxygen atoms in total. The number of rotatable bonds is 2. The Morgan fingerprint density at radius 3 is 2.38 bits per heavy atom. The Labute approximate surface area is 118 Å². The van der Waals surface area contributed by atoms with E-state index in [1.807, 2.05) is 6.07 Å². The molecule has 3 rings (SSSR count). The van der Waals surface area contributed by atoms with Gasteiger partial charge < -0.3 is 9.88 Å². The average molecular weight is 292 g/mol. The van der Waals surface area contributed by atoms with Crippen LogP contribution in [0.15, 0.2) is 30.5 Å². The molecular formula is C14H11F3N4. The van der Waals surface area contributed by atoms with Crippen molar-refractivity contribution in [2.45, 2.75) is 12.2 Å². The Balaban J connectivity index is 2.06. The summed E-state index contributed by atoms with van der Waals surface area (Å²) < 4.78 is 40.2. The standard InChI is InChI=1S/C14H11F3N4/c15-14(16,17)12-8-21(11-6-19-7-11)13(20-12)10-3-1-9(5-18)2-4-10/h1-4,8,11,19H,6-7H2. The molecule has 21 heavy (non-hydrogen) atoms. The fourth-order valence-electron chi connectivity index (χ4n) is 2.19. The van der Waals surface area contributed by atoms with Crippen LogP contribution in [0.1, 0.15) is 17.3 Å². The lowest BCUT2D eigenvalue weighted by atomic mass is 10.1. The molecule has 1 aliphatic heterocycles. The molecule has 108 valence electrons. The SMILES string of the molecule is N#Cc1ccc(-c2nc(C(F)(F)F)cn2C2CNC2)cc1. The highest BCUT2D eigenvalue weighted by Crippen LogP contribution is 2.33. The molecular weight excluding hydrogens is 281 g/mol. The van der Waals surface area contributed by atoms with E-state index >= 15 is 0 Å². The molecule has 1 N–H and O–H groups in total. The first-order valence-electron chi connectivity index (χ1n) is 6.36. The van der Waals surface area contributed by atoms with Crippen LogP contribution < -0.4 is 5.32 Å². The number of nitriles is 1. The summed E-state index contributed by atoms with van der Waals surface area (Å²) in [6.07, 6.45) is -3.41. The second-order valence-corrected chi connectivity index (χ2v) is 4.86. The Morgan fingerprint density at radius 2 is 1.90 bits per heavy atom. The smallest absolute Gasteiger partial charge is 0.325 e. The van der Waals surface area contributed by atoms with Crippen LogP contribution in [0.2, 0.25) is 0 Å². The quantitative estimate of drug-likeness (QED) is 0.925. The molecule has 1 aliphatic rings. The average Bonchev–Trinajstić information content (AvgIpc) is 2.81. The van der Waals surface area contributed by atoms with E-state index in [9.17, 15) is 13.2 Å². The maximum absolute atomic E-state index is 12.9. The van der Waals surface area contributed by atoms with E-state index in [4.69, 9.17) is 5.26 Å². The molecule has 0 aliphatic carbocycles. The summed E-state index contributed by atoms with van der Waals surface area (Å²) >= 11 is 0. The van der Waals surface area contributed by atoms with Gasteiger partial charge in [0.1, 0.15) is 5.82 Å². The summed E-state index contributed by atoms with van der Waals surface area (Å²) in [6.45, 7) is 1.24. The summed E-state index contributed by atoms with van der Waals surface area (Å²) in [5.41, 5.74) is 0.128. The van der Waals surface area contributed by atoms with Gasteiger partial charge in [0.2, 0.25) is 0 Å². The second-order valence-electron chi connectivity index (χ2n) is 4.86.